The topological polar surface area (TPSA) is 76.9 Å². The predicted octanol–water partition coefficient (Wildman–Crippen LogP) is 4.63. The molecular weight excluding hydrogens is 432 g/mol. The first kappa shape index (κ1) is 20.0. The van der Waals surface area contributed by atoms with Crippen LogP contribution in [0, 0.1) is 0 Å². The van der Waals surface area contributed by atoms with Gasteiger partial charge in [-0.15, -0.1) is 0 Å². The Bertz CT molecular complexity index is 1040. The molecule has 0 aliphatic carbocycles. The molecule has 0 bridgehead atoms. The van der Waals surface area contributed by atoms with Crippen molar-refractivity contribution in [3.63, 3.8) is 0 Å². The molecule has 0 radical (unpaired) electrons. The Balaban J connectivity index is 1.64. The maximum Gasteiger partial charge on any atom is 0.416 e. The van der Waals surface area contributed by atoms with Gasteiger partial charge in [-0.2, -0.15) is 18.2 Å². The molecule has 3 heterocycles. The number of imidazole rings is 1. The van der Waals surface area contributed by atoms with Crippen molar-refractivity contribution in [3.8, 4) is 0 Å². The van der Waals surface area contributed by atoms with Crippen LogP contribution in [0.4, 0.5) is 30.8 Å². The number of rotatable bonds is 4. The minimum Gasteiger partial charge on any atom is -0.379 e. The fourth-order valence-corrected chi connectivity index (χ4v) is 3.54. The first-order valence-corrected chi connectivity index (χ1v) is 9.35. The van der Waals surface area contributed by atoms with Crippen LogP contribution in [0.3, 0.4) is 0 Å². The summed E-state index contributed by atoms with van der Waals surface area (Å²) in [7, 11) is 1.71. The third kappa shape index (κ3) is 4.05. The van der Waals surface area contributed by atoms with E-state index < -0.39 is 11.7 Å². The summed E-state index contributed by atoms with van der Waals surface area (Å²) in [5, 5.41) is 5.73. The van der Waals surface area contributed by atoms with Crippen molar-refractivity contribution in [2.45, 2.75) is 18.6 Å². The van der Waals surface area contributed by atoms with E-state index in [0.717, 1.165) is 18.6 Å². The lowest BCUT2D eigenvalue weighted by Crippen LogP contribution is -2.20. The van der Waals surface area contributed by atoms with E-state index in [2.05, 4.69) is 25.6 Å². The van der Waals surface area contributed by atoms with E-state index in [1.807, 2.05) is 0 Å². The Morgan fingerprint density at radius 2 is 1.93 bits per heavy atom. The van der Waals surface area contributed by atoms with Crippen molar-refractivity contribution in [2.24, 2.45) is 7.05 Å². The van der Waals surface area contributed by atoms with Gasteiger partial charge in [-0.3, -0.25) is 4.57 Å². The van der Waals surface area contributed by atoms with Gasteiger partial charge < -0.3 is 15.4 Å². The summed E-state index contributed by atoms with van der Waals surface area (Å²) in [5.41, 5.74) is 0.222. The van der Waals surface area contributed by atoms with Crippen LogP contribution in [0.1, 0.15) is 12.0 Å². The zero-order chi connectivity index (χ0) is 20.8. The third-order valence-electron chi connectivity index (χ3n) is 4.48. The second kappa shape index (κ2) is 7.51. The van der Waals surface area contributed by atoms with E-state index in [9.17, 15) is 13.2 Å². The van der Waals surface area contributed by atoms with E-state index in [1.165, 1.54) is 0 Å². The summed E-state index contributed by atoms with van der Waals surface area (Å²) < 4.78 is 45.7. The van der Waals surface area contributed by atoms with Gasteiger partial charge in [0.2, 0.25) is 11.9 Å². The number of aryl methyl sites for hydroxylation is 1. The summed E-state index contributed by atoms with van der Waals surface area (Å²) in [4.78, 5) is 13.1. The van der Waals surface area contributed by atoms with Crippen LogP contribution < -0.4 is 10.6 Å². The Morgan fingerprint density at radius 1 is 1.21 bits per heavy atom. The lowest BCUT2D eigenvalue weighted by molar-refractivity contribution is -0.137. The molecule has 1 aromatic carbocycles. The van der Waals surface area contributed by atoms with Crippen LogP contribution in [-0.2, 0) is 18.0 Å². The molecule has 29 heavy (non-hydrogen) atoms. The summed E-state index contributed by atoms with van der Waals surface area (Å²) in [6, 6.07) is 1.76. The van der Waals surface area contributed by atoms with Gasteiger partial charge in [0.1, 0.15) is 5.52 Å². The monoisotopic (exact) mass is 446 g/mol. The highest BCUT2D eigenvalue weighted by Crippen LogP contribution is 2.39. The number of anilines is 3. The van der Waals surface area contributed by atoms with Crippen molar-refractivity contribution in [1.29, 1.82) is 0 Å². The number of alkyl halides is 3. The highest BCUT2D eigenvalue weighted by atomic mass is 35.5. The molecule has 2 N–H and O–H groups in total. The fraction of sp³-hybridized carbons (Fsp3) is 0.353. The average Bonchev–Trinajstić information content (AvgIpc) is 3.26. The fourth-order valence-electron chi connectivity index (χ4n) is 2.96. The number of benzene rings is 1. The molecule has 2 aromatic heterocycles. The lowest BCUT2D eigenvalue weighted by Gasteiger charge is -2.13. The molecule has 1 aliphatic rings. The number of halogens is 5. The molecule has 1 aliphatic heterocycles. The minimum absolute atomic E-state index is 0.120. The van der Waals surface area contributed by atoms with Gasteiger partial charge in [-0.05, 0) is 18.6 Å². The number of hydrogen-bond acceptors (Lipinski definition) is 6. The molecule has 1 fully saturated rings. The van der Waals surface area contributed by atoms with E-state index in [0.29, 0.717) is 36.3 Å². The van der Waals surface area contributed by atoms with E-state index in [1.54, 1.807) is 17.8 Å². The Labute approximate surface area is 173 Å². The Hall–Kier alpha value is -2.30. The molecular formula is C17H15Cl2F3N6O. The van der Waals surface area contributed by atoms with Gasteiger partial charge in [0.15, 0.2) is 5.65 Å². The summed E-state index contributed by atoms with van der Waals surface area (Å²) in [6.07, 6.45) is -2.13. The first-order chi connectivity index (χ1) is 13.7. The lowest BCUT2D eigenvalue weighted by atomic mass is 10.2. The molecule has 0 amide bonds. The number of ether oxygens (including phenoxy) is 1. The number of aromatic nitrogens is 4. The molecule has 1 atom stereocenters. The van der Waals surface area contributed by atoms with E-state index >= 15 is 0 Å². The predicted molar refractivity (Wildman–Crippen MR) is 104 cm³/mol. The molecule has 154 valence electrons. The zero-order valence-corrected chi connectivity index (χ0v) is 16.5. The Kier molecular flexibility index (Phi) is 5.18. The number of hydrogen-bond donors (Lipinski definition) is 2. The van der Waals surface area contributed by atoms with E-state index in [-0.39, 0.29) is 21.8 Å². The second-order valence-corrected chi connectivity index (χ2v) is 7.35. The molecule has 1 saturated heterocycles. The van der Waals surface area contributed by atoms with Crippen molar-refractivity contribution in [3.05, 3.63) is 33.9 Å². The van der Waals surface area contributed by atoms with Crippen LogP contribution in [0.25, 0.3) is 11.2 Å². The van der Waals surface area contributed by atoms with Crippen molar-refractivity contribution in [1.82, 2.24) is 19.5 Å². The van der Waals surface area contributed by atoms with Gasteiger partial charge in [0.25, 0.3) is 0 Å². The molecule has 12 heteroatoms. The second-order valence-electron chi connectivity index (χ2n) is 6.54. The van der Waals surface area contributed by atoms with Gasteiger partial charge in [-0.1, -0.05) is 23.2 Å². The standard InChI is InChI=1S/C17H15Cl2F3N6O/c1-28-14-12(6-23-15(27-14)24-9-2-3-29-7-9)25-16(28)26-13-10(18)4-8(5-11(13)19)17(20,21)22/h4-6,9H,2-3,7H2,1H3,(H,25,26)(H,23,24,27)/t9-/m1/s1. The average molecular weight is 447 g/mol. The Morgan fingerprint density at radius 3 is 2.55 bits per heavy atom. The summed E-state index contributed by atoms with van der Waals surface area (Å²) in [6.45, 7) is 1.28. The van der Waals surface area contributed by atoms with Crippen LogP contribution in [-0.4, -0.2) is 38.8 Å². The van der Waals surface area contributed by atoms with Crippen molar-refractivity contribution < 1.29 is 17.9 Å². The van der Waals surface area contributed by atoms with Crippen molar-refractivity contribution >= 4 is 51.9 Å². The molecule has 0 saturated carbocycles. The van der Waals surface area contributed by atoms with E-state index in [4.69, 9.17) is 27.9 Å². The quantitative estimate of drug-likeness (QED) is 0.608. The maximum atomic E-state index is 12.9. The highest BCUT2D eigenvalue weighted by Gasteiger charge is 2.32. The number of nitrogens with zero attached hydrogens (tertiary/aromatic N) is 4. The summed E-state index contributed by atoms with van der Waals surface area (Å²) in [5.74, 6) is 0.743. The first-order valence-electron chi connectivity index (χ1n) is 8.59. The maximum absolute atomic E-state index is 12.9. The number of fused-ring (bicyclic) bond motifs is 1. The van der Waals surface area contributed by atoms with Gasteiger partial charge in [0, 0.05) is 13.7 Å². The zero-order valence-electron chi connectivity index (χ0n) is 15.0. The van der Waals surface area contributed by atoms with Gasteiger partial charge in [-0.25, -0.2) is 9.97 Å². The molecule has 3 aromatic rings. The SMILES string of the molecule is Cn1c(Nc2c(Cl)cc(C(F)(F)F)cc2Cl)nc2cnc(N[C@@H]3CCOC3)nc21. The normalized spacial score (nSPS) is 17.1. The van der Waals surface area contributed by atoms with Crippen LogP contribution in [0.5, 0.6) is 0 Å². The van der Waals surface area contributed by atoms with Crippen LogP contribution in [0.15, 0.2) is 18.3 Å². The summed E-state index contributed by atoms with van der Waals surface area (Å²) >= 11 is 12.1. The third-order valence-corrected chi connectivity index (χ3v) is 5.08. The molecule has 0 spiro atoms. The van der Waals surface area contributed by atoms with Gasteiger partial charge in [0.05, 0.1) is 40.1 Å². The van der Waals surface area contributed by atoms with Crippen LogP contribution in [0.2, 0.25) is 10.0 Å². The molecule has 0 unspecified atom stereocenters. The smallest absolute Gasteiger partial charge is 0.379 e. The molecule has 7 nitrogen and oxygen atoms in total. The largest absolute Gasteiger partial charge is 0.416 e. The minimum atomic E-state index is -4.55. The van der Waals surface area contributed by atoms with Gasteiger partial charge >= 0.3 is 6.18 Å². The number of nitrogens with one attached hydrogen (secondary N) is 2. The highest BCUT2D eigenvalue weighted by molar-refractivity contribution is 6.39. The molecule has 4 rings (SSSR count). The van der Waals surface area contributed by atoms with Crippen LogP contribution >= 0.6 is 23.2 Å². The van der Waals surface area contributed by atoms with Crippen molar-refractivity contribution in [2.75, 3.05) is 23.8 Å².